The summed E-state index contributed by atoms with van der Waals surface area (Å²) in [6.45, 7) is 6.80. The van der Waals surface area contributed by atoms with E-state index in [0.29, 0.717) is 16.5 Å². The predicted molar refractivity (Wildman–Crippen MR) is 61.0 cm³/mol. The van der Waals surface area contributed by atoms with Gasteiger partial charge in [0.15, 0.2) is 0 Å². The van der Waals surface area contributed by atoms with Crippen molar-refractivity contribution in [3.63, 3.8) is 0 Å². The van der Waals surface area contributed by atoms with Crippen molar-refractivity contribution < 1.29 is 13.0 Å². The molecule has 0 saturated heterocycles. The molecule has 0 radical (unpaired) electrons. The van der Waals surface area contributed by atoms with Crippen LogP contribution in [0.25, 0.3) is 0 Å². The van der Waals surface area contributed by atoms with Crippen LogP contribution >= 0.6 is 10.8 Å². The fourth-order valence-corrected chi connectivity index (χ4v) is 2.75. The van der Waals surface area contributed by atoms with Gasteiger partial charge < -0.3 is 5.32 Å². The van der Waals surface area contributed by atoms with Gasteiger partial charge in [0.2, 0.25) is 0 Å². The topological polar surface area (TPSA) is 66.4 Å². The van der Waals surface area contributed by atoms with Crippen molar-refractivity contribution in [1.29, 1.82) is 0 Å². The van der Waals surface area contributed by atoms with E-state index < -0.39 is 9.15 Å². The smallest absolute Gasteiger partial charge is 0.311 e. The lowest BCUT2D eigenvalue weighted by molar-refractivity contribution is 0.428. The zero-order chi connectivity index (χ0) is 11.2. The average Bonchev–Trinajstić information content (AvgIpc) is 2.00. The molecule has 86 valence electrons. The van der Waals surface area contributed by atoms with Crippen LogP contribution in [0.5, 0.6) is 0 Å². The Hall–Kier alpha value is 0.220. The summed E-state index contributed by atoms with van der Waals surface area (Å²) < 4.78 is 29.6. The van der Waals surface area contributed by atoms with Crippen LogP contribution in [0.2, 0.25) is 0 Å². The third kappa shape index (κ3) is 8.80. The fourth-order valence-electron chi connectivity index (χ4n) is 0.876. The van der Waals surface area contributed by atoms with Gasteiger partial charge in [0.05, 0.1) is 0 Å². The maximum Gasteiger partial charge on any atom is 0.319 e. The minimum atomic E-state index is -3.91. The molecule has 0 amide bonds. The fraction of sp³-hybridized carbons (Fsp3) is 1.00. The van der Waals surface area contributed by atoms with Crippen LogP contribution in [0, 0.1) is 0 Å². The zero-order valence-corrected chi connectivity index (χ0v) is 10.5. The van der Waals surface area contributed by atoms with E-state index in [4.69, 9.17) is 4.55 Å². The highest BCUT2D eigenvalue weighted by Gasteiger charge is 2.20. The highest BCUT2D eigenvalue weighted by molar-refractivity contribution is 8.69. The van der Waals surface area contributed by atoms with Gasteiger partial charge >= 0.3 is 9.15 Å². The van der Waals surface area contributed by atoms with Crippen LogP contribution in [0.1, 0.15) is 33.6 Å². The Kier molecular flexibility index (Phi) is 6.04. The largest absolute Gasteiger partial charge is 0.319 e. The Morgan fingerprint density at radius 3 is 2.43 bits per heavy atom. The van der Waals surface area contributed by atoms with Crippen molar-refractivity contribution in [3.8, 4) is 0 Å². The minimum Gasteiger partial charge on any atom is -0.311 e. The molecule has 0 aliphatic heterocycles. The van der Waals surface area contributed by atoms with E-state index in [0.717, 1.165) is 19.4 Å². The van der Waals surface area contributed by atoms with Gasteiger partial charge in [-0.2, -0.15) is 8.42 Å². The lowest BCUT2D eigenvalue weighted by Crippen LogP contribution is -2.42. The molecule has 2 N–H and O–H groups in total. The SMILES string of the molecule is CCCCNC(C)(C)CSS(=O)(=O)O. The van der Waals surface area contributed by atoms with Gasteiger partial charge in [-0.25, -0.2) is 0 Å². The molecule has 0 bridgehead atoms. The molecule has 6 heteroatoms. The summed E-state index contributed by atoms with van der Waals surface area (Å²) in [5, 5.41) is 3.24. The molecule has 0 aromatic carbocycles. The molecule has 0 atom stereocenters. The van der Waals surface area contributed by atoms with E-state index in [2.05, 4.69) is 12.2 Å². The van der Waals surface area contributed by atoms with Crippen LogP contribution in [-0.2, 0) is 9.15 Å². The first kappa shape index (κ1) is 14.2. The summed E-state index contributed by atoms with van der Waals surface area (Å²) in [6, 6.07) is 0. The summed E-state index contributed by atoms with van der Waals surface area (Å²) >= 11 is 0. The summed E-state index contributed by atoms with van der Waals surface area (Å²) in [7, 11) is -3.35. The van der Waals surface area contributed by atoms with E-state index in [1.807, 2.05) is 13.8 Å². The second kappa shape index (κ2) is 5.95. The molecular weight excluding hydrogens is 222 g/mol. The molecule has 0 unspecified atom stereocenters. The molecule has 14 heavy (non-hydrogen) atoms. The lowest BCUT2D eigenvalue weighted by atomic mass is 10.1. The Morgan fingerprint density at radius 1 is 1.43 bits per heavy atom. The summed E-state index contributed by atoms with van der Waals surface area (Å²) in [6.07, 6.45) is 2.18. The van der Waals surface area contributed by atoms with Crippen molar-refractivity contribution in [3.05, 3.63) is 0 Å². The molecule has 0 fully saturated rings. The quantitative estimate of drug-likeness (QED) is 0.403. The molecular formula is C8H19NO3S2. The van der Waals surface area contributed by atoms with E-state index in [1.165, 1.54) is 0 Å². The molecule has 0 aromatic rings. The Bertz CT molecular complexity index is 249. The number of hydrogen-bond acceptors (Lipinski definition) is 4. The maximum absolute atomic E-state index is 10.5. The van der Waals surface area contributed by atoms with Gasteiger partial charge in [-0.3, -0.25) is 4.55 Å². The highest BCUT2D eigenvalue weighted by Crippen LogP contribution is 2.17. The number of hydrogen-bond donors (Lipinski definition) is 2. The molecule has 0 aliphatic carbocycles. The van der Waals surface area contributed by atoms with Crippen molar-refractivity contribution in [2.45, 2.75) is 39.2 Å². The van der Waals surface area contributed by atoms with Crippen molar-refractivity contribution in [1.82, 2.24) is 5.32 Å². The van der Waals surface area contributed by atoms with Crippen LogP contribution < -0.4 is 5.32 Å². The van der Waals surface area contributed by atoms with Gasteiger partial charge in [-0.1, -0.05) is 13.3 Å². The Morgan fingerprint density at radius 2 is 2.00 bits per heavy atom. The maximum atomic E-state index is 10.5. The third-order valence-corrected chi connectivity index (χ3v) is 4.09. The number of nitrogens with one attached hydrogen (secondary N) is 1. The van der Waals surface area contributed by atoms with Gasteiger partial charge in [0, 0.05) is 11.3 Å². The number of unbranched alkanes of at least 4 members (excludes halogenated alkanes) is 1. The van der Waals surface area contributed by atoms with Gasteiger partial charge in [0.1, 0.15) is 0 Å². The van der Waals surface area contributed by atoms with E-state index in [-0.39, 0.29) is 5.54 Å². The molecule has 0 saturated carbocycles. The first-order valence-electron chi connectivity index (χ1n) is 4.64. The molecule has 0 aromatic heterocycles. The Balaban J connectivity index is 3.83. The first-order valence-corrected chi connectivity index (χ1v) is 7.58. The average molecular weight is 241 g/mol. The monoisotopic (exact) mass is 241 g/mol. The van der Waals surface area contributed by atoms with Crippen LogP contribution in [0.3, 0.4) is 0 Å². The van der Waals surface area contributed by atoms with Crippen molar-refractivity contribution in [2.24, 2.45) is 0 Å². The van der Waals surface area contributed by atoms with Crippen LogP contribution in [-0.4, -0.2) is 30.8 Å². The Labute approximate surface area is 90.0 Å². The molecule has 0 heterocycles. The second-order valence-electron chi connectivity index (χ2n) is 3.85. The normalized spacial score (nSPS) is 13.1. The van der Waals surface area contributed by atoms with Gasteiger partial charge in [-0.15, -0.1) is 0 Å². The molecule has 0 spiro atoms. The van der Waals surface area contributed by atoms with Gasteiger partial charge in [-0.05, 0) is 37.6 Å². The summed E-state index contributed by atoms with van der Waals surface area (Å²) in [4.78, 5) is 0. The summed E-state index contributed by atoms with van der Waals surface area (Å²) in [5.41, 5.74) is -0.268. The molecule has 4 nitrogen and oxygen atoms in total. The van der Waals surface area contributed by atoms with Crippen molar-refractivity contribution >= 4 is 19.9 Å². The third-order valence-electron chi connectivity index (χ3n) is 1.70. The molecule has 0 aliphatic rings. The predicted octanol–water partition coefficient (Wildman–Crippen LogP) is 1.69. The standard InChI is InChI=1S/C8H19NO3S2/c1-4-5-6-9-8(2,3)7-13-14(10,11)12/h9H,4-7H2,1-3H3,(H,10,11,12). The number of rotatable bonds is 7. The zero-order valence-electron chi connectivity index (χ0n) is 8.91. The lowest BCUT2D eigenvalue weighted by Gasteiger charge is -2.25. The molecule has 0 rings (SSSR count). The minimum absolute atomic E-state index is 0.268. The van der Waals surface area contributed by atoms with Crippen molar-refractivity contribution in [2.75, 3.05) is 12.3 Å². The van der Waals surface area contributed by atoms with E-state index in [9.17, 15) is 8.42 Å². The van der Waals surface area contributed by atoms with Crippen LogP contribution in [0.4, 0.5) is 0 Å². The second-order valence-corrected chi connectivity index (χ2v) is 7.20. The van der Waals surface area contributed by atoms with E-state index >= 15 is 0 Å². The van der Waals surface area contributed by atoms with Crippen LogP contribution in [0.15, 0.2) is 0 Å². The first-order chi connectivity index (χ1) is 6.27. The van der Waals surface area contributed by atoms with Gasteiger partial charge in [0.25, 0.3) is 0 Å². The highest BCUT2D eigenvalue weighted by atomic mass is 33.1. The van der Waals surface area contributed by atoms with E-state index in [1.54, 1.807) is 0 Å². The summed E-state index contributed by atoms with van der Waals surface area (Å²) in [5.74, 6) is 0.343.